The second-order valence-corrected chi connectivity index (χ2v) is 14.4. The second-order valence-electron chi connectivity index (χ2n) is 11.2. The van der Waals surface area contributed by atoms with E-state index in [0.717, 1.165) is 63.3 Å². The van der Waals surface area contributed by atoms with E-state index in [2.05, 4.69) is 24.8 Å². The summed E-state index contributed by atoms with van der Waals surface area (Å²) >= 11 is 1.55. The van der Waals surface area contributed by atoms with Gasteiger partial charge in [0.2, 0.25) is 0 Å². The minimum absolute atomic E-state index is 0.158. The molecule has 43 heavy (non-hydrogen) atoms. The van der Waals surface area contributed by atoms with Crippen LogP contribution in [0.1, 0.15) is 64.8 Å². The molecule has 1 aliphatic heterocycles. The van der Waals surface area contributed by atoms with Crippen molar-refractivity contribution in [3.63, 3.8) is 0 Å². The number of fused-ring (bicyclic) bond motifs is 1. The van der Waals surface area contributed by atoms with Crippen molar-refractivity contribution in [3.8, 4) is 10.6 Å². The predicted octanol–water partition coefficient (Wildman–Crippen LogP) is 6.32. The zero-order valence-electron chi connectivity index (χ0n) is 25.2. The number of sulfone groups is 1. The normalized spacial score (nSPS) is 15.7. The van der Waals surface area contributed by atoms with Crippen molar-refractivity contribution in [2.75, 3.05) is 18.2 Å². The summed E-state index contributed by atoms with van der Waals surface area (Å²) in [6, 6.07) is 9.29. The summed E-state index contributed by atoms with van der Waals surface area (Å²) in [6.45, 7) is 10.4. The smallest absolute Gasteiger partial charge is 0.177 e. The standard InChI is InChI=1S/C31H35N7O3S2/c1-17-13-23(34-20(4)32-17)15-24-16-26(29-30(36-24)38(21(5)35-29)28-9-7-8-12-41-28)37-25-11-10-22(14-27(25)43(6,39)40)31-33-18(2)19(3)42-31/h10-11,13-14,16,28H,7-9,12,15H2,1-6H3,(H,36,37). The van der Waals surface area contributed by atoms with Gasteiger partial charge in [-0.15, -0.1) is 11.3 Å². The monoisotopic (exact) mass is 617 g/mol. The van der Waals surface area contributed by atoms with Crippen molar-refractivity contribution in [2.24, 2.45) is 0 Å². The van der Waals surface area contributed by atoms with E-state index in [1.807, 2.05) is 52.8 Å². The number of aryl methyl sites for hydroxylation is 5. The van der Waals surface area contributed by atoms with E-state index in [1.54, 1.807) is 23.5 Å². The van der Waals surface area contributed by atoms with Crippen molar-refractivity contribution >= 4 is 43.7 Å². The number of ether oxygens (including phenoxy) is 1. The van der Waals surface area contributed by atoms with Crippen LogP contribution in [0.15, 0.2) is 35.2 Å². The predicted molar refractivity (Wildman–Crippen MR) is 169 cm³/mol. The first-order chi connectivity index (χ1) is 20.5. The van der Waals surface area contributed by atoms with Crippen LogP contribution in [0, 0.1) is 34.6 Å². The summed E-state index contributed by atoms with van der Waals surface area (Å²) in [4.78, 5) is 24.9. The van der Waals surface area contributed by atoms with Gasteiger partial charge in [0.05, 0.1) is 33.4 Å². The van der Waals surface area contributed by atoms with E-state index in [9.17, 15) is 8.42 Å². The quantitative estimate of drug-likeness (QED) is 0.223. The summed E-state index contributed by atoms with van der Waals surface area (Å²) < 4.78 is 34.4. The molecule has 1 atom stereocenters. The number of benzene rings is 1. The van der Waals surface area contributed by atoms with E-state index in [1.165, 1.54) is 6.26 Å². The van der Waals surface area contributed by atoms with E-state index in [4.69, 9.17) is 14.7 Å². The molecule has 1 aliphatic rings. The van der Waals surface area contributed by atoms with Crippen LogP contribution in [0.25, 0.3) is 21.7 Å². The van der Waals surface area contributed by atoms with Gasteiger partial charge in [-0.3, -0.25) is 4.57 Å². The summed E-state index contributed by atoms with van der Waals surface area (Å²) in [5, 5.41) is 4.21. The molecule has 6 rings (SSSR count). The van der Waals surface area contributed by atoms with Crippen LogP contribution in [0.3, 0.4) is 0 Å². The van der Waals surface area contributed by atoms with Gasteiger partial charge in [0.25, 0.3) is 0 Å². The molecule has 0 aliphatic carbocycles. The van der Waals surface area contributed by atoms with Gasteiger partial charge >= 0.3 is 0 Å². The van der Waals surface area contributed by atoms with E-state index < -0.39 is 9.84 Å². The average molecular weight is 618 g/mol. The van der Waals surface area contributed by atoms with Crippen molar-refractivity contribution in [2.45, 2.75) is 71.4 Å². The third-order valence-electron chi connectivity index (χ3n) is 7.63. The SMILES string of the molecule is Cc1cc(Cc2cc(Nc3ccc(-c4nc(C)c(C)s4)cc3S(C)(=O)=O)c3nc(C)n(C4CCCCO4)c3n2)nc(C)n1. The zero-order valence-corrected chi connectivity index (χ0v) is 26.9. The minimum atomic E-state index is -3.59. The lowest BCUT2D eigenvalue weighted by Crippen LogP contribution is -2.19. The Bertz CT molecular complexity index is 1920. The van der Waals surface area contributed by atoms with E-state index in [-0.39, 0.29) is 11.1 Å². The molecular formula is C31H35N7O3S2. The fourth-order valence-electron chi connectivity index (χ4n) is 5.56. The molecule has 5 aromatic rings. The van der Waals surface area contributed by atoms with Crippen LogP contribution < -0.4 is 5.32 Å². The molecule has 0 bridgehead atoms. The lowest BCUT2D eigenvalue weighted by molar-refractivity contribution is -0.0309. The number of nitrogens with one attached hydrogen (secondary N) is 1. The van der Waals surface area contributed by atoms with Gasteiger partial charge < -0.3 is 10.1 Å². The second kappa shape index (κ2) is 11.4. The molecule has 0 radical (unpaired) electrons. The molecule has 0 spiro atoms. The molecule has 4 aromatic heterocycles. The van der Waals surface area contributed by atoms with Gasteiger partial charge in [0.15, 0.2) is 15.5 Å². The molecule has 1 aromatic carbocycles. The van der Waals surface area contributed by atoms with Crippen molar-refractivity contribution in [1.82, 2.24) is 29.5 Å². The van der Waals surface area contributed by atoms with E-state index >= 15 is 0 Å². The lowest BCUT2D eigenvalue weighted by Gasteiger charge is -2.25. The highest BCUT2D eigenvalue weighted by Crippen LogP contribution is 2.36. The highest BCUT2D eigenvalue weighted by molar-refractivity contribution is 7.90. The number of hydrogen-bond acceptors (Lipinski definition) is 10. The lowest BCUT2D eigenvalue weighted by atomic mass is 10.1. The molecule has 0 amide bonds. The Morgan fingerprint density at radius 3 is 2.42 bits per heavy atom. The third kappa shape index (κ3) is 6.04. The first kappa shape index (κ1) is 29.3. The number of nitrogens with zero attached hydrogens (tertiary/aromatic N) is 6. The maximum Gasteiger partial charge on any atom is 0.177 e. The molecule has 1 N–H and O–H groups in total. The van der Waals surface area contributed by atoms with Gasteiger partial charge in [-0.25, -0.2) is 33.3 Å². The number of rotatable bonds is 7. The highest BCUT2D eigenvalue weighted by atomic mass is 32.2. The number of imidazole rings is 1. The van der Waals surface area contributed by atoms with Crippen molar-refractivity contribution in [3.05, 3.63) is 69.6 Å². The molecule has 0 saturated carbocycles. The number of pyridine rings is 1. The maximum absolute atomic E-state index is 13.1. The fourth-order valence-corrected chi connectivity index (χ4v) is 7.33. The molecule has 224 valence electrons. The molecule has 5 heterocycles. The zero-order chi connectivity index (χ0) is 30.5. The first-order valence-corrected chi connectivity index (χ1v) is 17.0. The summed E-state index contributed by atoms with van der Waals surface area (Å²) in [6.07, 6.45) is 4.52. The van der Waals surface area contributed by atoms with Crippen molar-refractivity contribution < 1.29 is 13.2 Å². The topological polar surface area (TPSA) is 125 Å². The minimum Gasteiger partial charge on any atom is -0.358 e. The molecule has 10 nitrogen and oxygen atoms in total. The van der Waals surface area contributed by atoms with Crippen molar-refractivity contribution in [1.29, 1.82) is 0 Å². The van der Waals surface area contributed by atoms with Gasteiger partial charge in [-0.2, -0.15) is 0 Å². The number of aromatic nitrogens is 6. The van der Waals surface area contributed by atoms with Gasteiger partial charge in [0, 0.05) is 35.4 Å². The Kier molecular flexibility index (Phi) is 7.78. The van der Waals surface area contributed by atoms with Crippen LogP contribution in [0.5, 0.6) is 0 Å². The number of thiazole rings is 1. The third-order valence-corrected chi connectivity index (χ3v) is 9.89. The van der Waals surface area contributed by atoms with Crippen LogP contribution >= 0.6 is 11.3 Å². The Hall–Kier alpha value is -3.74. The summed E-state index contributed by atoms with van der Waals surface area (Å²) in [7, 11) is -3.59. The van der Waals surface area contributed by atoms with Crippen LogP contribution in [-0.2, 0) is 21.0 Å². The Morgan fingerprint density at radius 2 is 1.74 bits per heavy atom. The number of anilines is 2. The molecule has 1 saturated heterocycles. The van der Waals surface area contributed by atoms with Crippen LogP contribution in [0.2, 0.25) is 0 Å². The van der Waals surface area contributed by atoms with Crippen LogP contribution in [0.4, 0.5) is 11.4 Å². The van der Waals surface area contributed by atoms with Gasteiger partial charge in [-0.1, -0.05) is 0 Å². The number of hydrogen-bond donors (Lipinski definition) is 1. The fraction of sp³-hybridized carbons (Fsp3) is 0.387. The molecule has 1 fully saturated rings. The summed E-state index contributed by atoms with van der Waals surface area (Å²) in [5.74, 6) is 1.49. The molecule has 12 heteroatoms. The molecule has 1 unspecified atom stereocenters. The van der Waals surface area contributed by atoms with Crippen LogP contribution in [-0.4, -0.2) is 50.8 Å². The van der Waals surface area contributed by atoms with E-state index in [0.29, 0.717) is 41.4 Å². The Labute approximate surface area is 255 Å². The largest absolute Gasteiger partial charge is 0.358 e. The summed E-state index contributed by atoms with van der Waals surface area (Å²) in [5.41, 5.74) is 6.70. The first-order valence-electron chi connectivity index (χ1n) is 14.3. The van der Waals surface area contributed by atoms with Gasteiger partial charge in [0.1, 0.15) is 28.4 Å². The highest BCUT2D eigenvalue weighted by Gasteiger charge is 2.25. The Balaban J connectivity index is 1.49. The molecular weight excluding hydrogens is 583 g/mol. The average Bonchev–Trinajstić information content (AvgIpc) is 3.46. The maximum atomic E-state index is 13.1. The Morgan fingerprint density at radius 1 is 0.953 bits per heavy atom. The van der Waals surface area contributed by atoms with Gasteiger partial charge in [-0.05, 0) is 84.2 Å².